The van der Waals surface area contributed by atoms with E-state index < -0.39 is 37.9 Å². The van der Waals surface area contributed by atoms with Gasteiger partial charge >= 0.3 is 12.1 Å². The fourth-order valence-corrected chi connectivity index (χ4v) is 4.95. The molecule has 0 radical (unpaired) electrons. The van der Waals surface area contributed by atoms with E-state index in [0.717, 1.165) is 10.0 Å². The van der Waals surface area contributed by atoms with E-state index in [-0.39, 0.29) is 5.92 Å². The van der Waals surface area contributed by atoms with E-state index in [2.05, 4.69) is 15.9 Å². The first kappa shape index (κ1) is 23.2. The van der Waals surface area contributed by atoms with E-state index >= 15 is 0 Å². The van der Waals surface area contributed by atoms with Crippen molar-refractivity contribution in [2.45, 2.75) is 64.5 Å². The van der Waals surface area contributed by atoms with Crippen LogP contribution < -0.4 is 0 Å². The van der Waals surface area contributed by atoms with Gasteiger partial charge in [-0.3, -0.25) is 0 Å². The molecule has 0 bridgehead atoms. The van der Waals surface area contributed by atoms with Crippen LogP contribution in [0.4, 0.5) is 13.2 Å². The summed E-state index contributed by atoms with van der Waals surface area (Å²) in [6.45, 7) is 9.77. The Labute approximate surface area is 162 Å². The molecule has 3 nitrogen and oxygen atoms in total. The second-order valence-corrected chi connectivity index (χ2v) is 13.5. The Kier molecular flexibility index (Phi) is 6.81. The SMILES string of the molecule is CC(c1ccccc1Br)C(C)(C)CC(O[Si](C)(C)C)(C(=O)O)C(F)(F)F. The Morgan fingerprint density at radius 1 is 1.23 bits per heavy atom. The van der Waals surface area contributed by atoms with E-state index in [0.29, 0.717) is 0 Å². The lowest BCUT2D eigenvalue weighted by Crippen LogP contribution is -2.60. The number of carboxylic acid groups (broad SMARTS) is 1. The average molecular weight is 455 g/mol. The maximum absolute atomic E-state index is 13.9. The fourth-order valence-electron chi connectivity index (χ4n) is 3.00. The molecule has 0 saturated heterocycles. The number of hydrogen-bond acceptors (Lipinski definition) is 2. The molecule has 0 aliphatic rings. The van der Waals surface area contributed by atoms with E-state index in [1.165, 1.54) is 0 Å². The maximum Gasteiger partial charge on any atom is 0.427 e. The van der Waals surface area contributed by atoms with Gasteiger partial charge in [-0.25, -0.2) is 4.79 Å². The highest BCUT2D eigenvalue weighted by atomic mass is 79.9. The summed E-state index contributed by atoms with van der Waals surface area (Å²) in [5.74, 6) is -2.32. The van der Waals surface area contributed by atoms with Crippen molar-refractivity contribution >= 4 is 30.2 Å². The third-order valence-corrected chi connectivity index (χ3v) is 6.22. The Morgan fingerprint density at radius 2 is 1.73 bits per heavy atom. The molecule has 1 N–H and O–H groups in total. The van der Waals surface area contributed by atoms with Gasteiger partial charge in [0.15, 0.2) is 8.32 Å². The van der Waals surface area contributed by atoms with Crippen LogP contribution in [0.15, 0.2) is 28.7 Å². The molecule has 0 aliphatic heterocycles. The van der Waals surface area contributed by atoms with Crippen LogP contribution in [0, 0.1) is 5.41 Å². The van der Waals surface area contributed by atoms with Gasteiger partial charge in [0.2, 0.25) is 0 Å². The summed E-state index contributed by atoms with van der Waals surface area (Å²) in [6, 6.07) is 7.26. The van der Waals surface area contributed by atoms with Gasteiger partial charge < -0.3 is 9.53 Å². The normalized spacial score (nSPS) is 16.8. The number of carbonyl (C=O) groups is 1. The number of rotatable bonds is 7. The molecule has 0 fully saturated rings. The van der Waals surface area contributed by atoms with E-state index in [1.807, 2.05) is 18.2 Å². The number of hydrogen-bond donors (Lipinski definition) is 1. The lowest BCUT2D eigenvalue weighted by molar-refractivity contribution is -0.262. The van der Waals surface area contributed by atoms with Gasteiger partial charge in [0.25, 0.3) is 5.60 Å². The Hall–Kier alpha value is -0.863. The van der Waals surface area contributed by atoms with Crippen molar-refractivity contribution < 1.29 is 27.5 Å². The van der Waals surface area contributed by atoms with Crippen molar-refractivity contribution in [3.05, 3.63) is 34.3 Å². The number of aliphatic carboxylic acids is 1. The Balaban J connectivity index is 3.40. The quantitative estimate of drug-likeness (QED) is 0.498. The van der Waals surface area contributed by atoms with Crippen molar-refractivity contribution in [3.63, 3.8) is 0 Å². The molecule has 2 unspecified atom stereocenters. The zero-order chi connectivity index (χ0) is 20.6. The minimum Gasteiger partial charge on any atom is -0.479 e. The molecule has 148 valence electrons. The number of halogens is 4. The third-order valence-electron chi connectivity index (χ3n) is 4.53. The highest BCUT2D eigenvalue weighted by Gasteiger charge is 2.65. The first-order chi connectivity index (χ1) is 11.5. The largest absolute Gasteiger partial charge is 0.479 e. The predicted octanol–water partition coefficient (Wildman–Crippen LogP) is 6.21. The second-order valence-electron chi connectivity index (χ2n) is 8.25. The molecule has 8 heteroatoms. The molecule has 0 aromatic heterocycles. The lowest BCUT2D eigenvalue weighted by Gasteiger charge is -2.43. The van der Waals surface area contributed by atoms with Crippen LogP contribution in [0.25, 0.3) is 0 Å². The van der Waals surface area contributed by atoms with Crippen molar-refractivity contribution in [2.75, 3.05) is 0 Å². The third kappa shape index (κ3) is 5.10. The highest BCUT2D eigenvalue weighted by Crippen LogP contribution is 2.49. The van der Waals surface area contributed by atoms with Gasteiger partial charge in [0, 0.05) is 10.9 Å². The van der Waals surface area contributed by atoms with Crippen molar-refractivity contribution in [1.82, 2.24) is 0 Å². The molecule has 0 aliphatic carbocycles. The molecule has 2 atom stereocenters. The van der Waals surface area contributed by atoms with Crippen LogP contribution in [-0.2, 0) is 9.22 Å². The second kappa shape index (κ2) is 7.64. The standard InChI is InChI=1S/C18H26BrF3O3Si/c1-12(13-9-7-8-10-14(13)19)16(2,3)11-17(15(23)24,18(20,21)22)25-26(4,5)6/h7-10,12H,11H2,1-6H3,(H,23,24). The van der Waals surface area contributed by atoms with Crippen LogP contribution in [0.2, 0.25) is 19.6 Å². The van der Waals surface area contributed by atoms with Crippen LogP contribution in [0.1, 0.15) is 38.7 Å². The molecule has 0 heterocycles. The molecule has 26 heavy (non-hydrogen) atoms. The highest BCUT2D eigenvalue weighted by molar-refractivity contribution is 9.10. The zero-order valence-electron chi connectivity index (χ0n) is 15.9. The van der Waals surface area contributed by atoms with Gasteiger partial charge in [0.1, 0.15) is 0 Å². The van der Waals surface area contributed by atoms with Gasteiger partial charge in [0.05, 0.1) is 0 Å². The molecular formula is C18H26BrF3O3Si. The topological polar surface area (TPSA) is 46.5 Å². The predicted molar refractivity (Wildman–Crippen MR) is 102 cm³/mol. The molecule has 1 aromatic rings. The zero-order valence-corrected chi connectivity index (χ0v) is 18.5. The fraction of sp³-hybridized carbons (Fsp3) is 0.611. The van der Waals surface area contributed by atoms with Crippen molar-refractivity contribution in [3.8, 4) is 0 Å². The number of alkyl halides is 3. The molecular weight excluding hydrogens is 429 g/mol. The molecule has 1 rings (SSSR count). The average Bonchev–Trinajstić information content (AvgIpc) is 2.43. The van der Waals surface area contributed by atoms with Crippen LogP contribution in [0.3, 0.4) is 0 Å². The lowest BCUT2D eigenvalue weighted by atomic mass is 9.69. The van der Waals surface area contributed by atoms with Gasteiger partial charge in [-0.2, -0.15) is 13.2 Å². The van der Waals surface area contributed by atoms with E-state index in [9.17, 15) is 23.1 Å². The summed E-state index contributed by atoms with van der Waals surface area (Å²) in [5.41, 5.74) is -3.39. The van der Waals surface area contributed by atoms with Crippen molar-refractivity contribution in [1.29, 1.82) is 0 Å². The summed E-state index contributed by atoms with van der Waals surface area (Å²) >= 11 is 3.42. The smallest absolute Gasteiger partial charge is 0.427 e. The summed E-state index contributed by atoms with van der Waals surface area (Å²) in [5, 5.41) is 9.56. The first-order valence-corrected chi connectivity index (χ1v) is 12.5. The first-order valence-electron chi connectivity index (χ1n) is 8.28. The summed E-state index contributed by atoms with van der Waals surface area (Å²) in [4.78, 5) is 11.8. The molecule has 0 amide bonds. The maximum atomic E-state index is 13.9. The van der Waals surface area contributed by atoms with Gasteiger partial charge in [-0.15, -0.1) is 0 Å². The summed E-state index contributed by atoms with van der Waals surface area (Å²) in [6.07, 6.45) is -5.70. The van der Waals surface area contributed by atoms with Gasteiger partial charge in [-0.05, 0) is 42.6 Å². The van der Waals surface area contributed by atoms with Gasteiger partial charge in [-0.1, -0.05) is 54.9 Å². The van der Waals surface area contributed by atoms with Crippen LogP contribution in [0.5, 0.6) is 0 Å². The molecule has 0 saturated carbocycles. The minimum absolute atomic E-state index is 0.329. The summed E-state index contributed by atoms with van der Waals surface area (Å²) < 4.78 is 47.9. The van der Waals surface area contributed by atoms with Crippen molar-refractivity contribution in [2.24, 2.45) is 5.41 Å². The minimum atomic E-state index is -5.02. The van der Waals surface area contributed by atoms with E-state index in [4.69, 9.17) is 4.43 Å². The number of benzene rings is 1. The molecule has 1 aromatic carbocycles. The van der Waals surface area contributed by atoms with E-state index in [1.54, 1.807) is 46.5 Å². The monoisotopic (exact) mass is 454 g/mol. The Morgan fingerprint density at radius 3 is 2.12 bits per heavy atom. The van der Waals surface area contributed by atoms with Crippen LogP contribution >= 0.6 is 15.9 Å². The summed E-state index contributed by atoms with van der Waals surface area (Å²) in [7, 11) is -2.80. The number of carboxylic acids is 1. The Bertz CT molecular complexity index is 656. The van der Waals surface area contributed by atoms with Crippen LogP contribution in [-0.4, -0.2) is 31.2 Å². The molecule has 0 spiro atoms.